The molecule has 116 valence electrons. The molecule has 1 unspecified atom stereocenters. The standard InChI is InChI=1S/C12H29N3O3S/c1-5-6-13-11-12(2)19(16,17)14-7-9-18-10-8-15(3)4/h12-14H,5-11H2,1-4H3. The molecule has 0 aromatic heterocycles. The van der Waals surface area contributed by atoms with Gasteiger partial charge in [0.05, 0.1) is 18.5 Å². The molecule has 0 spiro atoms. The molecule has 0 rings (SSSR count). The van der Waals surface area contributed by atoms with Crippen molar-refractivity contribution in [3.63, 3.8) is 0 Å². The number of hydrogen-bond donors (Lipinski definition) is 2. The molecule has 0 aliphatic rings. The van der Waals surface area contributed by atoms with E-state index in [0.717, 1.165) is 19.5 Å². The molecule has 1 atom stereocenters. The number of hydrogen-bond acceptors (Lipinski definition) is 5. The maximum atomic E-state index is 11.9. The third-order valence-electron chi connectivity index (χ3n) is 2.62. The van der Waals surface area contributed by atoms with Gasteiger partial charge >= 0.3 is 0 Å². The lowest BCUT2D eigenvalue weighted by atomic mass is 10.4. The first kappa shape index (κ1) is 18.8. The first-order chi connectivity index (χ1) is 8.90. The molecule has 7 heteroatoms. The zero-order valence-corrected chi connectivity index (χ0v) is 13.4. The number of sulfonamides is 1. The fourth-order valence-corrected chi connectivity index (χ4v) is 2.33. The van der Waals surface area contributed by atoms with Crippen molar-refractivity contribution in [2.75, 3.05) is 53.5 Å². The van der Waals surface area contributed by atoms with Crippen LogP contribution in [0.5, 0.6) is 0 Å². The topological polar surface area (TPSA) is 70.7 Å². The van der Waals surface area contributed by atoms with Crippen LogP contribution in [0.2, 0.25) is 0 Å². The Kier molecular flexibility index (Phi) is 10.4. The van der Waals surface area contributed by atoms with Crippen molar-refractivity contribution >= 4 is 10.0 Å². The summed E-state index contributed by atoms with van der Waals surface area (Å²) in [6.07, 6.45) is 1.000. The normalized spacial score (nSPS) is 13.9. The van der Waals surface area contributed by atoms with E-state index in [9.17, 15) is 8.42 Å². The van der Waals surface area contributed by atoms with E-state index in [2.05, 4.69) is 17.0 Å². The van der Waals surface area contributed by atoms with E-state index in [-0.39, 0.29) is 0 Å². The zero-order valence-electron chi connectivity index (χ0n) is 12.6. The Morgan fingerprint density at radius 2 is 1.89 bits per heavy atom. The zero-order chi connectivity index (χ0) is 14.7. The number of likely N-dealkylation sites (N-methyl/N-ethyl adjacent to an activating group) is 1. The van der Waals surface area contributed by atoms with Crippen molar-refractivity contribution in [1.29, 1.82) is 0 Å². The van der Waals surface area contributed by atoms with E-state index in [1.807, 2.05) is 19.0 Å². The molecule has 0 amide bonds. The summed E-state index contributed by atoms with van der Waals surface area (Å²) in [7, 11) is 0.691. The number of nitrogens with one attached hydrogen (secondary N) is 2. The molecular formula is C12H29N3O3S. The van der Waals surface area contributed by atoms with Crippen LogP contribution in [0.15, 0.2) is 0 Å². The third kappa shape index (κ3) is 10.3. The molecule has 0 bridgehead atoms. The van der Waals surface area contributed by atoms with Crippen molar-refractivity contribution in [2.45, 2.75) is 25.5 Å². The predicted molar refractivity (Wildman–Crippen MR) is 78.9 cm³/mol. The van der Waals surface area contributed by atoms with E-state index >= 15 is 0 Å². The maximum absolute atomic E-state index is 11.9. The number of nitrogens with zero attached hydrogens (tertiary/aromatic N) is 1. The molecule has 0 aromatic carbocycles. The van der Waals surface area contributed by atoms with Gasteiger partial charge < -0.3 is 15.0 Å². The molecule has 0 saturated heterocycles. The third-order valence-corrected chi connectivity index (χ3v) is 4.45. The first-order valence-corrected chi connectivity index (χ1v) is 8.36. The molecular weight excluding hydrogens is 266 g/mol. The van der Waals surface area contributed by atoms with E-state index < -0.39 is 15.3 Å². The summed E-state index contributed by atoms with van der Waals surface area (Å²) in [5, 5.41) is 2.68. The van der Waals surface area contributed by atoms with E-state index in [4.69, 9.17) is 4.74 Å². The minimum Gasteiger partial charge on any atom is -0.379 e. The Balaban J connectivity index is 3.72. The Labute approximate surface area is 117 Å². The highest BCUT2D eigenvalue weighted by atomic mass is 32.2. The van der Waals surface area contributed by atoms with Crippen LogP contribution in [0.3, 0.4) is 0 Å². The summed E-state index contributed by atoms with van der Waals surface area (Å²) in [4.78, 5) is 2.02. The Hall–Kier alpha value is -0.210. The number of ether oxygens (including phenoxy) is 1. The van der Waals surface area contributed by atoms with Crippen LogP contribution in [-0.2, 0) is 14.8 Å². The van der Waals surface area contributed by atoms with Gasteiger partial charge in [-0.1, -0.05) is 6.92 Å². The second-order valence-corrected chi connectivity index (χ2v) is 7.05. The summed E-state index contributed by atoms with van der Waals surface area (Å²) in [5.74, 6) is 0. The molecule has 0 heterocycles. The van der Waals surface area contributed by atoms with Crippen LogP contribution in [0.1, 0.15) is 20.3 Å². The first-order valence-electron chi connectivity index (χ1n) is 6.81. The Morgan fingerprint density at radius 1 is 1.21 bits per heavy atom. The summed E-state index contributed by atoms with van der Waals surface area (Å²) < 4.78 is 31.6. The van der Waals surface area contributed by atoms with E-state index in [0.29, 0.717) is 26.3 Å². The average molecular weight is 295 g/mol. The van der Waals surface area contributed by atoms with Crippen LogP contribution in [0, 0.1) is 0 Å². The highest BCUT2D eigenvalue weighted by molar-refractivity contribution is 7.90. The average Bonchev–Trinajstić information content (AvgIpc) is 2.33. The predicted octanol–water partition coefficient (Wildman–Crippen LogP) is -0.128. The van der Waals surface area contributed by atoms with Crippen LogP contribution >= 0.6 is 0 Å². The summed E-state index contributed by atoms with van der Waals surface area (Å²) in [6.45, 7) is 7.26. The molecule has 0 aromatic rings. The van der Waals surface area contributed by atoms with Gasteiger partial charge in [-0.05, 0) is 34.0 Å². The summed E-state index contributed by atoms with van der Waals surface area (Å²) in [6, 6.07) is 0. The smallest absolute Gasteiger partial charge is 0.215 e. The van der Waals surface area contributed by atoms with Crippen molar-refractivity contribution in [2.24, 2.45) is 0 Å². The van der Waals surface area contributed by atoms with Gasteiger partial charge in [-0.3, -0.25) is 0 Å². The van der Waals surface area contributed by atoms with Crippen molar-refractivity contribution in [3.05, 3.63) is 0 Å². The minimum absolute atomic E-state index is 0.327. The van der Waals surface area contributed by atoms with Gasteiger partial charge in [-0.25, -0.2) is 13.1 Å². The van der Waals surface area contributed by atoms with Gasteiger partial charge in [0.2, 0.25) is 10.0 Å². The molecule has 0 fully saturated rings. The van der Waals surface area contributed by atoms with Crippen LogP contribution in [0.25, 0.3) is 0 Å². The van der Waals surface area contributed by atoms with Gasteiger partial charge in [0.25, 0.3) is 0 Å². The SMILES string of the molecule is CCCNCC(C)S(=O)(=O)NCCOCCN(C)C. The van der Waals surface area contributed by atoms with Crippen molar-refractivity contribution in [3.8, 4) is 0 Å². The van der Waals surface area contributed by atoms with Crippen LogP contribution < -0.4 is 10.0 Å². The quantitative estimate of drug-likeness (QED) is 0.491. The maximum Gasteiger partial charge on any atom is 0.215 e. The minimum atomic E-state index is -3.25. The molecule has 0 aliphatic carbocycles. The fourth-order valence-electron chi connectivity index (χ4n) is 1.34. The Morgan fingerprint density at radius 3 is 2.47 bits per heavy atom. The highest BCUT2D eigenvalue weighted by Crippen LogP contribution is 1.96. The molecule has 0 saturated carbocycles. The molecule has 19 heavy (non-hydrogen) atoms. The molecule has 2 N–H and O–H groups in total. The molecule has 6 nitrogen and oxygen atoms in total. The van der Waals surface area contributed by atoms with Gasteiger partial charge in [0.15, 0.2) is 0 Å². The molecule has 0 aliphatic heterocycles. The largest absolute Gasteiger partial charge is 0.379 e. The van der Waals surface area contributed by atoms with Gasteiger partial charge in [0, 0.05) is 19.6 Å². The highest BCUT2D eigenvalue weighted by Gasteiger charge is 2.19. The second kappa shape index (κ2) is 10.6. The van der Waals surface area contributed by atoms with Crippen molar-refractivity contribution in [1.82, 2.24) is 14.9 Å². The van der Waals surface area contributed by atoms with Gasteiger partial charge in [-0.15, -0.1) is 0 Å². The lowest BCUT2D eigenvalue weighted by molar-refractivity contribution is 0.122. The van der Waals surface area contributed by atoms with Crippen LogP contribution in [-0.4, -0.2) is 72.1 Å². The molecule has 0 radical (unpaired) electrons. The monoisotopic (exact) mass is 295 g/mol. The van der Waals surface area contributed by atoms with Gasteiger partial charge in [-0.2, -0.15) is 0 Å². The fraction of sp³-hybridized carbons (Fsp3) is 1.00. The lowest BCUT2D eigenvalue weighted by Crippen LogP contribution is -2.40. The van der Waals surface area contributed by atoms with Crippen LogP contribution in [0.4, 0.5) is 0 Å². The van der Waals surface area contributed by atoms with Crippen molar-refractivity contribution < 1.29 is 13.2 Å². The Bertz CT molecular complexity index is 307. The van der Waals surface area contributed by atoms with E-state index in [1.54, 1.807) is 6.92 Å². The van der Waals surface area contributed by atoms with Gasteiger partial charge in [0.1, 0.15) is 0 Å². The second-order valence-electron chi connectivity index (χ2n) is 4.87. The summed E-state index contributed by atoms with van der Waals surface area (Å²) in [5.41, 5.74) is 0. The lowest BCUT2D eigenvalue weighted by Gasteiger charge is -2.15. The summed E-state index contributed by atoms with van der Waals surface area (Å²) >= 11 is 0. The number of rotatable bonds is 12. The van der Waals surface area contributed by atoms with E-state index in [1.165, 1.54) is 0 Å².